The number of hydrogen-bond donors (Lipinski definition) is 4. The zero-order valence-electron chi connectivity index (χ0n) is 24.0. The Morgan fingerprint density at radius 1 is 0.897 bits per heavy atom. The average molecular weight is 548 g/mol. The van der Waals surface area contributed by atoms with Crippen LogP contribution >= 0.6 is 0 Å². The van der Waals surface area contributed by atoms with Gasteiger partial charge in [0.05, 0.1) is 0 Å². The summed E-state index contributed by atoms with van der Waals surface area (Å²) in [5.74, 6) is -1.17. The summed E-state index contributed by atoms with van der Waals surface area (Å²) in [6.07, 6.45) is 13.7. The molecule has 0 unspecified atom stereocenters. The second-order valence-electron chi connectivity index (χ2n) is 11.5. The molecule has 220 valence electrons. The van der Waals surface area contributed by atoms with Gasteiger partial charge in [-0.1, -0.05) is 68.9 Å². The molecule has 0 aromatic heterocycles. The minimum absolute atomic E-state index is 0.0548. The van der Waals surface area contributed by atoms with Crippen LogP contribution in [0, 0.1) is 0 Å². The van der Waals surface area contributed by atoms with Crippen LogP contribution in [0.1, 0.15) is 103 Å². The summed E-state index contributed by atoms with van der Waals surface area (Å²) in [6.45, 7) is 5.53. The van der Waals surface area contributed by atoms with Crippen molar-refractivity contribution in [2.75, 3.05) is 6.54 Å². The third-order valence-electron chi connectivity index (χ3n) is 6.82. The van der Waals surface area contributed by atoms with Crippen LogP contribution in [0.4, 0.5) is 9.59 Å². The molecule has 0 radical (unpaired) electrons. The number of alkyl carbamates (subject to hydrolysis) is 2. The zero-order chi connectivity index (χ0) is 28.5. The van der Waals surface area contributed by atoms with Crippen LogP contribution < -0.4 is 16.0 Å². The van der Waals surface area contributed by atoms with Gasteiger partial charge in [-0.05, 0) is 64.9 Å². The van der Waals surface area contributed by atoms with E-state index in [9.17, 15) is 19.5 Å². The molecule has 2 amide bonds. The fraction of sp³-hybridized carbons (Fsp3) is 0.700. The number of hydrogen-bond acceptors (Lipinski definition) is 6. The average Bonchev–Trinajstić information content (AvgIpc) is 2.90. The van der Waals surface area contributed by atoms with Crippen LogP contribution in [-0.2, 0) is 20.9 Å². The van der Waals surface area contributed by atoms with Crippen molar-refractivity contribution in [2.45, 2.75) is 128 Å². The molecule has 9 heteroatoms. The summed E-state index contributed by atoms with van der Waals surface area (Å²) < 4.78 is 10.1. The van der Waals surface area contributed by atoms with E-state index >= 15 is 0 Å². The van der Waals surface area contributed by atoms with Crippen molar-refractivity contribution in [2.24, 2.45) is 0 Å². The lowest BCUT2D eigenvalue weighted by Crippen LogP contribution is -2.41. The third-order valence-corrected chi connectivity index (χ3v) is 6.82. The number of rotatable bonds is 10. The Kier molecular flexibility index (Phi) is 14.7. The number of carbonyl (C=O) groups is 3. The number of carbonyl (C=O) groups excluding carboxylic acids is 2. The molecule has 0 spiro atoms. The molecule has 0 aliphatic heterocycles. The first kappa shape index (κ1) is 32.4. The largest absolute Gasteiger partial charge is 0.480 e. The van der Waals surface area contributed by atoms with E-state index in [1.54, 1.807) is 32.9 Å². The van der Waals surface area contributed by atoms with Gasteiger partial charge >= 0.3 is 18.2 Å². The predicted octanol–water partition coefficient (Wildman–Crippen LogP) is 5.91. The Balaban J connectivity index is 0.000000338. The lowest BCUT2D eigenvalue weighted by atomic mass is 9.91. The molecule has 9 nitrogen and oxygen atoms in total. The van der Waals surface area contributed by atoms with Crippen LogP contribution in [0.25, 0.3) is 0 Å². The van der Waals surface area contributed by atoms with E-state index in [2.05, 4.69) is 16.0 Å². The molecular formula is C30H49N3O6. The lowest BCUT2D eigenvalue weighted by molar-refractivity contribution is -0.139. The number of benzene rings is 1. The molecule has 0 bridgehead atoms. The first-order chi connectivity index (χ1) is 18.6. The van der Waals surface area contributed by atoms with Gasteiger partial charge in [0.25, 0.3) is 0 Å². The highest BCUT2D eigenvalue weighted by Crippen LogP contribution is 2.22. The Morgan fingerprint density at radius 3 is 1.97 bits per heavy atom. The van der Waals surface area contributed by atoms with Gasteiger partial charge in [0.1, 0.15) is 18.2 Å². The summed E-state index contributed by atoms with van der Waals surface area (Å²) in [6, 6.07) is 9.71. The molecule has 2 aliphatic rings. The highest BCUT2D eigenvalue weighted by Gasteiger charge is 2.21. The normalized spacial score (nSPS) is 17.2. The fourth-order valence-corrected chi connectivity index (χ4v) is 4.85. The quantitative estimate of drug-likeness (QED) is 0.268. The van der Waals surface area contributed by atoms with E-state index in [0.717, 1.165) is 17.6 Å². The monoisotopic (exact) mass is 547 g/mol. The Hall–Kier alpha value is -2.81. The zero-order valence-corrected chi connectivity index (χ0v) is 24.0. The molecule has 0 heterocycles. The summed E-state index contributed by atoms with van der Waals surface area (Å²) in [5.41, 5.74) is 0.202. The molecule has 2 saturated carbocycles. The van der Waals surface area contributed by atoms with Gasteiger partial charge in [-0.25, -0.2) is 14.4 Å². The molecule has 39 heavy (non-hydrogen) atoms. The van der Waals surface area contributed by atoms with E-state index in [0.29, 0.717) is 6.42 Å². The Bertz CT molecular complexity index is 830. The first-order valence-corrected chi connectivity index (χ1v) is 14.6. The van der Waals surface area contributed by atoms with Crippen molar-refractivity contribution in [3.8, 4) is 0 Å². The van der Waals surface area contributed by atoms with Crippen LogP contribution in [0.3, 0.4) is 0 Å². The molecule has 0 saturated heterocycles. The van der Waals surface area contributed by atoms with Gasteiger partial charge in [0.15, 0.2) is 0 Å². The fourth-order valence-electron chi connectivity index (χ4n) is 4.85. The predicted molar refractivity (Wildman–Crippen MR) is 152 cm³/mol. The maximum Gasteiger partial charge on any atom is 0.408 e. The highest BCUT2D eigenvalue weighted by molar-refractivity contribution is 5.79. The SMILES string of the molecule is C1CCC(NC2CCCCC2)CC1.CC(C)(C)OC(=O)NCCC[C@H](NC(=O)OCc1ccccc1)C(=O)O. The van der Waals surface area contributed by atoms with Crippen molar-refractivity contribution >= 4 is 18.2 Å². The Morgan fingerprint density at radius 2 is 1.46 bits per heavy atom. The first-order valence-electron chi connectivity index (χ1n) is 14.6. The maximum absolute atomic E-state index is 11.7. The molecule has 1 atom stereocenters. The highest BCUT2D eigenvalue weighted by atomic mass is 16.6. The third kappa shape index (κ3) is 15.4. The molecule has 2 fully saturated rings. The minimum atomic E-state index is -1.17. The minimum Gasteiger partial charge on any atom is -0.480 e. The summed E-state index contributed by atoms with van der Waals surface area (Å²) in [5, 5.41) is 17.9. The van der Waals surface area contributed by atoms with Crippen molar-refractivity contribution in [1.29, 1.82) is 0 Å². The van der Waals surface area contributed by atoms with Gasteiger partial charge in [-0.2, -0.15) is 0 Å². The van der Waals surface area contributed by atoms with Gasteiger partial charge in [-0.3, -0.25) is 0 Å². The standard InChI is InChI=1S/C18H26N2O6.C12H23N/c1-18(2,3)26-16(23)19-11-7-10-14(15(21)22)20-17(24)25-12-13-8-5-4-6-9-13;1-3-7-11(8-4-1)13-12-9-5-2-6-10-12/h4-6,8-9,14H,7,10-12H2,1-3H3,(H,19,23)(H,20,24)(H,21,22);11-13H,1-10H2/t14-;/m0./s1. The summed E-state index contributed by atoms with van der Waals surface area (Å²) in [7, 11) is 0. The number of aliphatic carboxylic acids is 1. The van der Waals surface area contributed by atoms with Crippen molar-refractivity contribution in [1.82, 2.24) is 16.0 Å². The smallest absolute Gasteiger partial charge is 0.408 e. The second kappa shape index (κ2) is 17.7. The molecule has 3 rings (SSSR count). The maximum atomic E-state index is 11.7. The van der Waals surface area contributed by atoms with E-state index in [4.69, 9.17) is 9.47 Å². The van der Waals surface area contributed by atoms with Crippen molar-refractivity contribution in [3.63, 3.8) is 0 Å². The van der Waals surface area contributed by atoms with Crippen LogP contribution in [0.2, 0.25) is 0 Å². The molecule has 2 aliphatic carbocycles. The number of carboxylic acids is 1. The van der Waals surface area contributed by atoms with Crippen molar-refractivity contribution in [3.05, 3.63) is 35.9 Å². The van der Waals surface area contributed by atoms with Crippen molar-refractivity contribution < 1.29 is 29.0 Å². The van der Waals surface area contributed by atoms with E-state index in [1.165, 1.54) is 64.2 Å². The molecule has 4 N–H and O–H groups in total. The van der Waals surface area contributed by atoms with E-state index in [1.807, 2.05) is 18.2 Å². The number of amides is 2. The van der Waals surface area contributed by atoms with E-state index < -0.39 is 29.8 Å². The summed E-state index contributed by atoms with van der Waals surface area (Å²) in [4.78, 5) is 34.5. The number of nitrogens with one attached hydrogen (secondary N) is 3. The topological polar surface area (TPSA) is 126 Å². The lowest BCUT2D eigenvalue weighted by Gasteiger charge is -2.30. The van der Waals surface area contributed by atoms with Gasteiger partial charge < -0.3 is 30.5 Å². The van der Waals surface area contributed by atoms with Crippen LogP contribution in [0.5, 0.6) is 0 Å². The summed E-state index contributed by atoms with van der Waals surface area (Å²) >= 11 is 0. The Labute approximate surface area is 233 Å². The molecular weight excluding hydrogens is 498 g/mol. The number of carboxylic acid groups (broad SMARTS) is 1. The van der Waals surface area contributed by atoms with Gasteiger partial charge in [0.2, 0.25) is 0 Å². The number of ether oxygens (including phenoxy) is 2. The molecule has 1 aromatic carbocycles. The van der Waals surface area contributed by atoms with Crippen LogP contribution in [-0.4, -0.2) is 53.5 Å². The van der Waals surface area contributed by atoms with Crippen LogP contribution in [0.15, 0.2) is 30.3 Å². The van der Waals surface area contributed by atoms with Gasteiger partial charge in [0, 0.05) is 18.6 Å². The molecule has 1 aromatic rings. The van der Waals surface area contributed by atoms with E-state index in [-0.39, 0.29) is 19.6 Å². The second-order valence-corrected chi connectivity index (χ2v) is 11.5. The van der Waals surface area contributed by atoms with Gasteiger partial charge in [-0.15, -0.1) is 0 Å².